The number of anilines is 1. The Hall–Kier alpha value is -3.65. The molecule has 0 spiro atoms. The Bertz CT molecular complexity index is 1220. The summed E-state index contributed by atoms with van der Waals surface area (Å²) < 4.78 is 60.0. The average molecular weight is 486 g/mol. The number of benzene rings is 2. The van der Waals surface area contributed by atoms with Gasteiger partial charge in [-0.2, -0.15) is 8.78 Å². The Labute approximate surface area is 186 Å². The summed E-state index contributed by atoms with van der Waals surface area (Å²) >= 11 is 5.88. The fraction of sp³-hybridized carbons (Fsp3) is 0.0556. The summed E-state index contributed by atoms with van der Waals surface area (Å²) in [4.78, 5) is 26.6. The van der Waals surface area contributed by atoms with E-state index in [0.717, 1.165) is 18.4 Å². The zero-order valence-electron chi connectivity index (χ0n) is 15.7. The molecule has 0 aliphatic carbocycles. The number of ether oxygens (including phenoxy) is 1. The summed E-state index contributed by atoms with van der Waals surface area (Å²) in [5.74, 6) is -10.5. The number of halogens is 4. The van der Waals surface area contributed by atoms with Crippen molar-refractivity contribution < 1.29 is 32.0 Å². The zero-order chi connectivity index (χ0) is 23.6. The minimum atomic E-state index is -1.96. The number of hydrogen-bond acceptors (Lipinski definition) is 7. The average Bonchev–Trinajstić information content (AvgIpc) is 3.21. The summed E-state index contributed by atoms with van der Waals surface area (Å²) in [6, 6.07) is 5.67. The first-order valence-corrected chi connectivity index (χ1v) is 9.65. The maximum atomic E-state index is 14.1. The zero-order valence-corrected chi connectivity index (χ0v) is 17.4. The van der Waals surface area contributed by atoms with Crippen LogP contribution in [0.15, 0.2) is 29.6 Å². The number of non-ortho nitro benzene ring substituents is 1. The van der Waals surface area contributed by atoms with Gasteiger partial charge in [0.15, 0.2) is 27.6 Å². The SMILES string of the molecule is COc1c(F)c(F)c(C(=O)NC(=S)Nc2nc(-c3cccc([N+](=O)[O-])c3)cs2)c(F)c1F. The predicted molar refractivity (Wildman–Crippen MR) is 111 cm³/mol. The van der Waals surface area contributed by atoms with Gasteiger partial charge in [-0.15, -0.1) is 11.3 Å². The number of nitrogens with one attached hydrogen (secondary N) is 2. The molecular weight excluding hydrogens is 476 g/mol. The highest BCUT2D eigenvalue weighted by Gasteiger charge is 2.30. The van der Waals surface area contributed by atoms with Crippen molar-refractivity contribution in [2.45, 2.75) is 0 Å². The quantitative estimate of drug-likeness (QED) is 0.181. The van der Waals surface area contributed by atoms with E-state index in [1.165, 1.54) is 18.2 Å². The molecule has 0 bridgehead atoms. The van der Waals surface area contributed by atoms with Gasteiger partial charge < -0.3 is 10.1 Å². The van der Waals surface area contributed by atoms with Gasteiger partial charge in [0.25, 0.3) is 11.6 Å². The monoisotopic (exact) mass is 486 g/mol. The summed E-state index contributed by atoms with van der Waals surface area (Å²) in [5, 5.41) is 16.5. The highest BCUT2D eigenvalue weighted by molar-refractivity contribution is 7.80. The first-order valence-electron chi connectivity index (χ1n) is 8.36. The number of amides is 1. The molecule has 0 saturated carbocycles. The Balaban J connectivity index is 1.76. The molecule has 1 amide bonds. The lowest BCUT2D eigenvalue weighted by Gasteiger charge is -2.12. The summed E-state index contributed by atoms with van der Waals surface area (Å²) in [5.41, 5.74) is -0.879. The second-order valence-electron chi connectivity index (χ2n) is 5.92. The van der Waals surface area contributed by atoms with Gasteiger partial charge in [0.05, 0.1) is 17.7 Å². The number of nitro groups is 1. The Morgan fingerprint density at radius 1 is 1.19 bits per heavy atom. The van der Waals surface area contributed by atoms with E-state index in [4.69, 9.17) is 12.2 Å². The van der Waals surface area contributed by atoms with E-state index >= 15 is 0 Å². The maximum absolute atomic E-state index is 14.1. The van der Waals surface area contributed by atoms with E-state index < -0.39 is 50.5 Å². The lowest BCUT2D eigenvalue weighted by Crippen LogP contribution is -2.35. The first-order chi connectivity index (χ1) is 15.1. The van der Waals surface area contributed by atoms with Crippen LogP contribution >= 0.6 is 23.6 Å². The van der Waals surface area contributed by atoms with Crippen LogP contribution in [-0.4, -0.2) is 28.0 Å². The van der Waals surface area contributed by atoms with Gasteiger partial charge in [-0.1, -0.05) is 12.1 Å². The molecular formula is C18H10F4N4O4S2. The molecule has 0 fully saturated rings. The van der Waals surface area contributed by atoms with Crippen LogP contribution in [-0.2, 0) is 0 Å². The molecule has 0 atom stereocenters. The molecule has 0 radical (unpaired) electrons. The molecule has 32 heavy (non-hydrogen) atoms. The van der Waals surface area contributed by atoms with Gasteiger partial charge in [0.1, 0.15) is 5.56 Å². The van der Waals surface area contributed by atoms with Gasteiger partial charge in [0.2, 0.25) is 11.6 Å². The molecule has 0 saturated heterocycles. The van der Waals surface area contributed by atoms with E-state index in [1.54, 1.807) is 11.4 Å². The van der Waals surface area contributed by atoms with Crippen LogP contribution in [0.4, 0.5) is 28.4 Å². The number of carbonyl (C=O) groups is 1. The van der Waals surface area contributed by atoms with Gasteiger partial charge in [-0.25, -0.2) is 13.8 Å². The first kappa shape index (κ1) is 23.0. The third-order valence-electron chi connectivity index (χ3n) is 3.96. The Kier molecular flexibility index (Phi) is 6.64. The third-order valence-corrected chi connectivity index (χ3v) is 4.92. The van der Waals surface area contributed by atoms with Crippen molar-refractivity contribution >= 4 is 45.4 Å². The van der Waals surface area contributed by atoms with Gasteiger partial charge in [-0.3, -0.25) is 20.2 Å². The lowest BCUT2D eigenvalue weighted by atomic mass is 10.1. The number of thiazole rings is 1. The number of nitrogens with zero attached hydrogens (tertiary/aromatic N) is 2. The molecule has 166 valence electrons. The maximum Gasteiger partial charge on any atom is 0.270 e. The Morgan fingerprint density at radius 2 is 1.84 bits per heavy atom. The fourth-order valence-corrected chi connectivity index (χ4v) is 3.50. The van der Waals surface area contributed by atoms with Crippen molar-refractivity contribution in [2.24, 2.45) is 0 Å². The van der Waals surface area contributed by atoms with Gasteiger partial charge in [-0.05, 0) is 12.2 Å². The van der Waals surface area contributed by atoms with Crippen molar-refractivity contribution in [1.29, 1.82) is 0 Å². The highest BCUT2D eigenvalue weighted by Crippen LogP contribution is 2.30. The molecule has 14 heteroatoms. The van der Waals surface area contributed by atoms with E-state index in [0.29, 0.717) is 11.3 Å². The van der Waals surface area contributed by atoms with E-state index in [2.05, 4.69) is 15.0 Å². The van der Waals surface area contributed by atoms with Crippen LogP contribution in [0.1, 0.15) is 10.4 Å². The van der Waals surface area contributed by atoms with Crippen LogP contribution < -0.4 is 15.4 Å². The van der Waals surface area contributed by atoms with Crippen molar-refractivity contribution in [2.75, 3.05) is 12.4 Å². The highest BCUT2D eigenvalue weighted by atomic mass is 32.1. The normalized spacial score (nSPS) is 10.5. The molecule has 0 aliphatic rings. The fourth-order valence-electron chi connectivity index (χ4n) is 2.53. The molecule has 2 aromatic carbocycles. The standard InChI is InChI=1S/C18H10F4N4O4S2/c1-30-15-13(21)11(19)10(12(20)14(15)22)16(27)24-17(31)25-18-23-9(6-32-18)7-3-2-4-8(5-7)26(28)29/h2-6H,1H3,(H2,23,24,25,27,31). The number of thiocarbonyl (C=S) groups is 1. The van der Waals surface area contributed by atoms with E-state index in [1.807, 2.05) is 5.32 Å². The number of hydrogen-bond donors (Lipinski definition) is 2. The van der Waals surface area contributed by atoms with Crippen LogP contribution in [0.3, 0.4) is 0 Å². The molecule has 8 nitrogen and oxygen atoms in total. The largest absolute Gasteiger partial charge is 0.491 e. The number of rotatable bonds is 5. The summed E-state index contributed by atoms with van der Waals surface area (Å²) in [6.45, 7) is 0. The molecule has 1 heterocycles. The number of methoxy groups -OCH3 is 1. The Morgan fingerprint density at radius 3 is 2.44 bits per heavy atom. The van der Waals surface area contributed by atoms with Crippen molar-refractivity contribution in [3.63, 3.8) is 0 Å². The number of carbonyl (C=O) groups excluding carboxylic acids is 1. The predicted octanol–water partition coefficient (Wildman–Crippen LogP) is 4.41. The molecule has 3 rings (SSSR count). The van der Waals surface area contributed by atoms with Crippen molar-refractivity contribution in [3.8, 4) is 17.0 Å². The second-order valence-corrected chi connectivity index (χ2v) is 7.18. The van der Waals surface area contributed by atoms with Crippen LogP contribution in [0.5, 0.6) is 5.75 Å². The molecule has 0 aliphatic heterocycles. The summed E-state index contributed by atoms with van der Waals surface area (Å²) in [6.07, 6.45) is 0. The minimum absolute atomic E-state index is 0.129. The van der Waals surface area contributed by atoms with E-state index in [-0.39, 0.29) is 10.8 Å². The molecule has 1 aromatic heterocycles. The van der Waals surface area contributed by atoms with Crippen LogP contribution in [0.25, 0.3) is 11.3 Å². The van der Waals surface area contributed by atoms with Crippen LogP contribution in [0, 0.1) is 33.4 Å². The summed E-state index contributed by atoms with van der Waals surface area (Å²) in [7, 11) is 0.801. The van der Waals surface area contributed by atoms with Gasteiger partial charge in [0, 0.05) is 23.1 Å². The minimum Gasteiger partial charge on any atom is -0.491 e. The smallest absolute Gasteiger partial charge is 0.270 e. The van der Waals surface area contributed by atoms with Gasteiger partial charge >= 0.3 is 0 Å². The lowest BCUT2D eigenvalue weighted by molar-refractivity contribution is -0.384. The topological polar surface area (TPSA) is 106 Å². The van der Waals surface area contributed by atoms with Crippen LogP contribution in [0.2, 0.25) is 0 Å². The van der Waals surface area contributed by atoms with Crippen molar-refractivity contribution in [3.05, 3.63) is 68.6 Å². The molecule has 3 aromatic rings. The van der Waals surface area contributed by atoms with Crippen molar-refractivity contribution in [1.82, 2.24) is 10.3 Å². The number of nitro benzene ring substituents is 1. The third kappa shape index (κ3) is 4.50. The molecule has 0 unspecified atom stereocenters. The van der Waals surface area contributed by atoms with E-state index in [9.17, 15) is 32.5 Å². The second kappa shape index (κ2) is 9.23. The molecule has 2 N–H and O–H groups in total. The number of aromatic nitrogens is 1.